The average Bonchev–Trinajstić information content (AvgIpc) is 2.78. The molecule has 0 spiro atoms. The van der Waals surface area contributed by atoms with E-state index in [1.54, 1.807) is 7.11 Å². The van der Waals surface area contributed by atoms with Gasteiger partial charge in [0.05, 0.1) is 11.1 Å². The number of hydrogen-bond donors (Lipinski definition) is 0. The van der Waals surface area contributed by atoms with Crippen molar-refractivity contribution in [1.29, 1.82) is 0 Å². The molecule has 18 heavy (non-hydrogen) atoms. The molecule has 1 unspecified atom stereocenters. The van der Waals surface area contributed by atoms with Crippen LogP contribution in [0.15, 0.2) is 16.6 Å². The molecule has 1 fully saturated rings. The third-order valence-corrected chi connectivity index (χ3v) is 3.91. The number of nitrogens with zero attached hydrogens (tertiary/aromatic N) is 1. The van der Waals surface area contributed by atoms with Crippen molar-refractivity contribution in [2.75, 3.05) is 26.8 Å². The molecule has 5 heteroatoms. The Morgan fingerprint density at radius 3 is 2.94 bits per heavy atom. The SMILES string of the molecule is COCC1CCN(Cc2c(F)ccc(Br)c2F)C1. The number of likely N-dealkylation sites (tertiary alicyclic amines) is 1. The summed E-state index contributed by atoms with van der Waals surface area (Å²) in [6, 6.07) is 2.69. The van der Waals surface area contributed by atoms with Gasteiger partial charge in [-0.05, 0) is 46.9 Å². The second-order valence-electron chi connectivity index (χ2n) is 4.67. The van der Waals surface area contributed by atoms with E-state index < -0.39 is 11.6 Å². The topological polar surface area (TPSA) is 12.5 Å². The molecule has 0 amide bonds. The highest BCUT2D eigenvalue weighted by Gasteiger charge is 2.24. The number of hydrogen-bond acceptors (Lipinski definition) is 2. The van der Waals surface area contributed by atoms with Crippen LogP contribution in [0, 0.1) is 17.6 Å². The fraction of sp³-hybridized carbons (Fsp3) is 0.538. The van der Waals surface area contributed by atoms with Gasteiger partial charge in [-0.3, -0.25) is 4.90 Å². The molecule has 1 aliphatic rings. The summed E-state index contributed by atoms with van der Waals surface area (Å²) < 4.78 is 32.9. The lowest BCUT2D eigenvalue weighted by molar-refractivity contribution is 0.152. The van der Waals surface area contributed by atoms with Gasteiger partial charge in [0.25, 0.3) is 0 Å². The third kappa shape index (κ3) is 3.08. The van der Waals surface area contributed by atoms with Gasteiger partial charge < -0.3 is 4.74 Å². The van der Waals surface area contributed by atoms with Crippen LogP contribution in [-0.4, -0.2) is 31.7 Å². The number of methoxy groups -OCH3 is 1. The van der Waals surface area contributed by atoms with Gasteiger partial charge in [0.2, 0.25) is 0 Å². The molecule has 1 aromatic rings. The van der Waals surface area contributed by atoms with E-state index in [9.17, 15) is 8.78 Å². The molecular formula is C13H16BrF2NO. The predicted molar refractivity (Wildman–Crippen MR) is 69.3 cm³/mol. The maximum absolute atomic E-state index is 13.8. The molecule has 1 saturated heterocycles. The average molecular weight is 320 g/mol. The van der Waals surface area contributed by atoms with Crippen LogP contribution in [0.3, 0.4) is 0 Å². The largest absolute Gasteiger partial charge is 0.384 e. The summed E-state index contributed by atoms with van der Waals surface area (Å²) in [5.74, 6) is -0.510. The van der Waals surface area contributed by atoms with Gasteiger partial charge in [-0.2, -0.15) is 0 Å². The zero-order valence-corrected chi connectivity index (χ0v) is 11.8. The van der Waals surface area contributed by atoms with Crippen molar-refractivity contribution in [3.63, 3.8) is 0 Å². The summed E-state index contributed by atoms with van der Waals surface area (Å²) in [5, 5.41) is 0. The van der Waals surface area contributed by atoms with Crippen molar-refractivity contribution in [2.45, 2.75) is 13.0 Å². The van der Waals surface area contributed by atoms with Crippen LogP contribution in [0.5, 0.6) is 0 Å². The molecule has 1 atom stereocenters. The Kier molecular flexibility index (Phi) is 4.70. The van der Waals surface area contributed by atoms with Crippen molar-refractivity contribution < 1.29 is 13.5 Å². The van der Waals surface area contributed by atoms with E-state index in [0.29, 0.717) is 23.5 Å². The molecule has 2 nitrogen and oxygen atoms in total. The van der Waals surface area contributed by atoms with Crippen LogP contribution in [-0.2, 0) is 11.3 Å². The van der Waals surface area contributed by atoms with Crippen molar-refractivity contribution in [1.82, 2.24) is 4.90 Å². The second-order valence-corrected chi connectivity index (χ2v) is 5.52. The minimum atomic E-state index is -0.495. The number of benzene rings is 1. The maximum atomic E-state index is 13.8. The van der Waals surface area contributed by atoms with E-state index in [1.807, 2.05) is 0 Å². The highest BCUT2D eigenvalue weighted by molar-refractivity contribution is 9.10. The summed E-state index contributed by atoms with van der Waals surface area (Å²) in [5.41, 5.74) is 0.141. The molecule has 1 aliphatic heterocycles. The van der Waals surface area contributed by atoms with Gasteiger partial charge in [-0.1, -0.05) is 0 Å². The third-order valence-electron chi connectivity index (χ3n) is 3.29. The summed E-state index contributed by atoms with van der Waals surface area (Å²) in [4.78, 5) is 2.07. The molecule has 1 aromatic carbocycles. The molecule has 0 aromatic heterocycles. The Labute approximate surface area is 114 Å². The lowest BCUT2D eigenvalue weighted by Gasteiger charge is -2.17. The van der Waals surface area contributed by atoms with Gasteiger partial charge in [0.15, 0.2) is 0 Å². The minimum Gasteiger partial charge on any atom is -0.384 e. The van der Waals surface area contributed by atoms with E-state index in [-0.39, 0.29) is 5.56 Å². The first-order valence-corrected chi connectivity index (χ1v) is 6.74. The summed E-state index contributed by atoms with van der Waals surface area (Å²) in [6.45, 7) is 2.72. The van der Waals surface area contributed by atoms with Crippen LogP contribution in [0.4, 0.5) is 8.78 Å². The second kappa shape index (κ2) is 6.08. The van der Waals surface area contributed by atoms with Crippen LogP contribution in [0.2, 0.25) is 0 Å². The lowest BCUT2D eigenvalue weighted by Crippen LogP contribution is -2.22. The minimum absolute atomic E-state index is 0.141. The van der Waals surface area contributed by atoms with Crippen molar-refractivity contribution >= 4 is 15.9 Å². The highest BCUT2D eigenvalue weighted by Crippen LogP contribution is 2.25. The fourth-order valence-corrected chi connectivity index (χ4v) is 2.74. The monoisotopic (exact) mass is 319 g/mol. The standard InChI is InChI=1S/C13H16BrF2NO/c1-18-8-9-4-5-17(6-9)7-10-12(15)3-2-11(14)13(10)16/h2-3,9H,4-8H2,1H3. The van der Waals surface area contributed by atoms with Gasteiger partial charge >= 0.3 is 0 Å². The summed E-state index contributed by atoms with van der Waals surface area (Å²) >= 11 is 3.09. The van der Waals surface area contributed by atoms with E-state index >= 15 is 0 Å². The highest BCUT2D eigenvalue weighted by atomic mass is 79.9. The van der Waals surface area contributed by atoms with Gasteiger partial charge in [0, 0.05) is 25.8 Å². The summed E-state index contributed by atoms with van der Waals surface area (Å²) in [7, 11) is 1.68. The van der Waals surface area contributed by atoms with Crippen molar-refractivity contribution in [3.05, 3.63) is 33.8 Å². The fourth-order valence-electron chi connectivity index (χ4n) is 2.37. The van der Waals surface area contributed by atoms with Gasteiger partial charge in [0.1, 0.15) is 11.6 Å². The Bertz CT molecular complexity index is 428. The van der Waals surface area contributed by atoms with Crippen molar-refractivity contribution in [3.8, 4) is 0 Å². The lowest BCUT2D eigenvalue weighted by atomic mass is 10.1. The Balaban J connectivity index is 2.04. The van der Waals surface area contributed by atoms with Crippen LogP contribution in [0.1, 0.15) is 12.0 Å². The molecule has 0 radical (unpaired) electrons. The number of halogens is 3. The van der Waals surface area contributed by atoms with Crippen LogP contribution < -0.4 is 0 Å². The molecule has 0 bridgehead atoms. The van der Waals surface area contributed by atoms with Crippen molar-refractivity contribution in [2.24, 2.45) is 5.92 Å². The molecule has 0 aliphatic carbocycles. The molecule has 2 rings (SSSR count). The van der Waals surface area contributed by atoms with Crippen LogP contribution in [0.25, 0.3) is 0 Å². The van der Waals surface area contributed by atoms with E-state index in [0.717, 1.165) is 19.5 Å². The Hall–Kier alpha value is -0.520. The van der Waals surface area contributed by atoms with E-state index in [1.165, 1.54) is 12.1 Å². The van der Waals surface area contributed by atoms with Gasteiger partial charge in [-0.15, -0.1) is 0 Å². The number of ether oxygens (including phenoxy) is 1. The molecule has 0 N–H and O–H groups in total. The quantitative estimate of drug-likeness (QED) is 0.790. The molecule has 0 saturated carbocycles. The van der Waals surface area contributed by atoms with Gasteiger partial charge in [-0.25, -0.2) is 8.78 Å². The molecule has 1 heterocycles. The summed E-state index contributed by atoms with van der Waals surface area (Å²) in [6.07, 6.45) is 1.02. The normalized spacial score (nSPS) is 20.6. The Morgan fingerprint density at radius 1 is 1.44 bits per heavy atom. The first kappa shape index (κ1) is 13.9. The maximum Gasteiger partial charge on any atom is 0.144 e. The first-order chi connectivity index (χ1) is 8.61. The number of rotatable bonds is 4. The Morgan fingerprint density at radius 2 is 2.22 bits per heavy atom. The zero-order valence-electron chi connectivity index (χ0n) is 10.3. The molecule has 100 valence electrons. The van der Waals surface area contributed by atoms with E-state index in [2.05, 4.69) is 20.8 Å². The smallest absolute Gasteiger partial charge is 0.144 e. The van der Waals surface area contributed by atoms with E-state index in [4.69, 9.17) is 4.74 Å². The molecular weight excluding hydrogens is 304 g/mol. The zero-order chi connectivity index (χ0) is 13.1. The predicted octanol–water partition coefficient (Wildman–Crippen LogP) is 3.20. The van der Waals surface area contributed by atoms with Crippen LogP contribution >= 0.6 is 15.9 Å². The first-order valence-electron chi connectivity index (χ1n) is 5.95.